The molecule has 2 N–H and O–H groups in total. The summed E-state index contributed by atoms with van der Waals surface area (Å²) in [5.41, 5.74) is 0. The number of rotatable bonds is 5. The first-order valence-electron chi connectivity index (χ1n) is 5.28. The van der Waals surface area contributed by atoms with Gasteiger partial charge in [-0.1, -0.05) is 0 Å². The summed E-state index contributed by atoms with van der Waals surface area (Å²) in [6.45, 7) is 0.0222. The van der Waals surface area contributed by atoms with E-state index in [0.717, 1.165) is 12.1 Å². The maximum atomic E-state index is 13.4. The molecule has 0 radical (unpaired) electrons. The Balaban J connectivity index is 2.05. The molecule has 0 amide bonds. The molecular formula is C10H10F2N4O2S. The van der Waals surface area contributed by atoms with Crippen LogP contribution in [-0.4, -0.2) is 30.1 Å². The second kappa shape index (κ2) is 5.41. The summed E-state index contributed by atoms with van der Waals surface area (Å²) in [7, 11) is -4.01. The predicted octanol–water partition coefficient (Wildman–Crippen LogP) is 0.604. The lowest BCUT2D eigenvalue weighted by molar-refractivity contribution is 0.543. The number of H-pyrrole nitrogens is 1. The molecule has 2 aromatic rings. The van der Waals surface area contributed by atoms with E-state index in [9.17, 15) is 17.2 Å². The number of hydrogen-bond donors (Lipinski definition) is 2. The minimum absolute atomic E-state index is 0.0222. The standard InChI is InChI=1S/C10H10F2N4O2S/c11-7-1-2-9(8(12)5-7)19(17,18)15-4-3-10-13-6-14-16-10/h1-2,5-6,15H,3-4H2,(H,13,14,16). The van der Waals surface area contributed by atoms with Gasteiger partial charge in [-0.2, -0.15) is 5.10 Å². The number of hydrogen-bond acceptors (Lipinski definition) is 4. The van der Waals surface area contributed by atoms with Gasteiger partial charge in [0.2, 0.25) is 10.0 Å². The van der Waals surface area contributed by atoms with Crippen molar-refractivity contribution in [2.45, 2.75) is 11.3 Å². The van der Waals surface area contributed by atoms with Crippen molar-refractivity contribution in [2.75, 3.05) is 6.54 Å². The third kappa shape index (κ3) is 3.32. The summed E-state index contributed by atoms with van der Waals surface area (Å²) in [5, 5.41) is 6.17. The second-order valence-corrected chi connectivity index (χ2v) is 5.39. The van der Waals surface area contributed by atoms with Crippen molar-refractivity contribution in [3.8, 4) is 0 Å². The van der Waals surface area contributed by atoms with Gasteiger partial charge in [0.15, 0.2) is 0 Å². The Kier molecular flexibility index (Phi) is 3.86. The highest BCUT2D eigenvalue weighted by Gasteiger charge is 2.19. The molecule has 9 heteroatoms. The second-order valence-electron chi connectivity index (χ2n) is 3.65. The number of sulfonamides is 1. The SMILES string of the molecule is O=S(=O)(NCCc1ncn[nH]1)c1ccc(F)cc1F. The van der Waals surface area contributed by atoms with Crippen LogP contribution >= 0.6 is 0 Å². The number of nitrogens with zero attached hydrogens (tertiary/aromatic N) is 2. The summed E-state index contributed by atoms with van der Waals surface area (Å²) >= 11 is 0. The van der Waals surface area contributed by atoms with E-state index in [1.54, 1.807) is 0 Å². The zero-order valence-corrected chi connectivity index (χ0v) is 10.4. The number of aromatic amines is 1. The molecule has 0 unspecified atom stereocenters. The third-order valence-corrected chi connectivity index (χ3v) is 3.80. The summed E-state index contributed by atoms with van der Waals surface area (Å²) in [5.74, 6) is -1.47. The lowest BCUT2D eigenvalue weighted by Crippen LogP contribution is -2.27. The third-order valence-electron chi connectivity index (χ3n) is 2.30. The highest BCUT2D eigenvalue weighted by atomic mass is 32.2. The van der Waals surface area contributed by atoms with Crippen molar-refractivity contribution in [1.82, 2.24) is 19.9 Å². The van der Waals surface area contributed by atoms with Gasteiger partial charge in [0.05, 0.1) is 0 Å². The average Bonchev–Trinajstić information content (AvgIpc) is 2.81. The van der Waals surface area contributed by atoms with Crippen LogP contribution in [-0.2, 0) is 16.4 Å². The highest BCUT2D eigenvalue weighted by Crippen LogP contribution is 2.15. The van der Waals surface area contributed by atoms with E-state index >= 15 is 0 Å². The Morgan fingerprint density at radius 1 is 1.32 bits per heavy atom. The summed E-state index contributed by atoms with van der Waals surface area (Å²) in [6, 6.07) is 2.28. The Morgan fingerprint density at radius 3 is 2.74 bits per heavy atom. The van der Waals surface area contributed by atoms with E-state index in [4.69, 9.17) is 0 Å². The normalized spacial score (nSPS) is 11.7. The van der Waals surface area contributed by atoms with Crippen LogP contribution < -0.4 is 4.72 Å². The molecule has 1 aromatic carbocycles. The van der Waals surface area contributed by atoms with Gasteiger partial charge in [0.25, 0.3) is 0 Å². The minimum atomic E-state index is -4.01. The first kappa shape index (κ1) is 13.6. The van der Waals surface area contributed by atoms with E-state index in [-0.39, 0.29) is 13.0 Å². The summed E-state index contributed by atoms with van der Waals surface area (Å²) in [6.07, 6.45) is 1.57. The van der Waals surface area contributed by atoms with Crippen molar-refractivity contribution >= 4 is 10.0 Å². The fourth-order valence-corrected chi connectivity index (χ4v) is 2.52. The molecule has 0 aliphatic heterocycles. The molecule has 1 aromatic heterocycles. The molecule has 102 valence electrons. The number of halogens is 2. The molecule has 6 nitrogen and oxygen atoms in total. The van der Waals surface area contributed by atoms with Crippen LogP contribution in [0.4, 0.5) is 8.78 Å². The Hall–Kier alpha value is -1.87. The molecular weight excluding hydrogens is 278 g/mol. The van der Waals surface area contributed by atoms with Crippen molar-refractivity contribution in [3.05, 3.63) is 42.0 Å². The smallest absolute Gasteiger partial charge is 0.243 e. The van der Waals surface area contributed by atoms with Crippen LogP contribution in [0.15, 0.2) is 29.4 Å². The van der Waals surface area contributed by atoms with E-state index in [1.807, 2.05) is 0 Å². The van der Waals surface area contributed by atoms with Gasteiger partial charge in [-0.3, -0.25) is 5.10 Å². The average molecular weight is 288 g/mol. The van der Waals surface area contributed by atoms with Gasteiger partial charge in [-0.15, -0.1) is 0 Å². The van der Waals surface area contributed by atoms with Crippen LogP contribution in [0.5, 0.6) is 0 Å². The maximum absolute atomic E-state index is 13.4. The monoisotopic (exact) mass is 288 g/mol. The number of nitrogens with one attached hydrogen (secondary N) is 2. The molecule has 0 aliphatic rings. The van der Waals surface area contributed by atoms with E-state index in [1.165, 1.54) is 6.33 Å². The number of aromatic nitrogens is 3. The summed E-state index contributed by atoms with van der Waals surface area (Å²) < 4.78 is 51.8. The van der Waals surface area contributed by atoms with Crippen LogP contribution in [0.2, 0.25) is 0 Å². The molecule has 0 spiro atoms. The first-order chi connectivity index (χ1) is 8.99. The minimum Gasteiger partial charge on any atom is -0.263 e. The van der Waals surface area contributed by atoms with Gasteiger partial charge in [-0.25, -0.2) is 26.9 Å². The lowest BCUT2D eigenvalue weighted by Gasteiger charge is -2.06. The predicted molar refractivity (Wildman–Crippen MR) is 61.6 cm³/mol. The molecule has 0 bridgehead atoms. The van der Waals surface area contributed by atoms with Gasteiger partial charge in [0.1, 0.15) is 28.7 Å². The molecule has 2 rings (SSSR count). The zero-order chi connectivity index (χ0) is 13.9. The van der Waals surface area contributed by atoms with Crippen molar-refractivity contribution in [3.63, 3.8) is 0 Å². The van der Waals surface area contributed by atoms with E-state index in [0.29, 0.717) is 11.9 Å². The zero-order valence-electron chi connectivity index (χ0n) is 9.60. The Labute approximate surface area is 107 Å². The van der Waals surface area contributed by atoms with Gasteiger partial charge < -0.3 is 0 Å². The maximum Gasteiger partial charge on any atom is 0.243 e. The molecule has 0 aliphatic carbocycles. The largest absolute Gasteiger partial charge is 0.263 e. The molecule has 0 saturated carbocycles. The van der Waals surface area contributed by atoms with E-state index in [2.05, 4.69) is 19.9 Å². The molecule has 0 fully saturated rings. The molecule has 0 saturated heterocycles. The first-order valence-corrected chi connectivity index (χ1v) is 6.76. The van der Waals surface area contributed by atoms with Crippen molar-refractivity contribution in [1.29, 1.82) is 0 Å². The van der Waals surface area contributed by atoms with Crippen molar-refractivity contribution < 1.29 is 17.2 Å². The van der Waals surface area contributed by atoms with Gasteiger partial charge >= 0.3 is 0 Å². The summed E-state index contributed by atoms with van der Waals surface area (Å²) in [4.78, 5) is 3.22. The van der Waals surface area contributed by atoms with Crippen LogP contribution in [0.25, 0.3) is 0 Å². The lowest BCUT2D eigenvalue weighted by atomic mass is 10.3. The van der Waals surface area contributed by atoms with Crippen LogP contribution in [0.1, 0.15) is 5.82 Å². The van der Waals surface area contributed by atoms with E-state index < -0.39 is 26.6 Å². The quantitative estimate of drug-likeness (QED) is 0.843. The van der Waals surface area contributed by atoms with Gasteiger partial charge in [0, 0.05) is 19.0 Å². The molecule has 1 heterocycles. The Morgan fingerprint density at radius 2 is 2.11 bits per heavy atom. The molecule has 0 atom stereocenters. The van der Waals surface area contributed by atoms with Gasteiger partial charge in [-0.05, 0) is 12.1 Å². The molecule has 19 heavy (non-hydrogen) atoms. The van der Waals surface area contributed by atoms with Crippen molar-refractivity contribution in [2.24, 2.45) is 0 Å². The number of benzene rings is 1. The fourth-order valence-electron chi connectivity index (χ4n) is 1.43. The topological polar surface area (TPSA) is 87.7 Å². The van der Waals surface area contributed by atoms with Crippen LogP contribution in [0.3, 0.4) is 0 Å². The Bertz CT molecular complexity index is 658. The van der Waals surface area contributed by atoms with Crippen LogP contribution in [0, 0.1) is 11.6 Å². The highest BCUT2D eigenvalue weighted by molar-refractivity contribution is 7.89. The fraction of sp³-hybridized carbons (Fsp3) is 0.200.